The number of rotatable bonds is 7. The molecule has 1 amide bonds. The fourth-order valence-corrected chi connectivity index (χ4v) is 1.67. The summed E-state index contributed by atoms with van der Waals surface area (Å²) >= 11 is 0. The van der Waals surface area contributed by atoms with Crippen molar-refractivity contribution in [3.63, 3.8) is 0 Å². The summed E-state index contributed by atoms with van der Waals surface area (Å²) in [6, 6.07) is 6.62. The van der Waals surface area contributed by atoms with Crippen LogP contribution in [0, 0.1) is 0 Å². The second kappa shape index (κ2) is 8.16. The minimum absolute atomic E-state index is 0.106. The number of nitrogens with zero attached hydrogens (tertiary/aromatic N) is 1. The van der Waals surface area contributed by atoms with Crippen molar-refractivity contribution in [1.82, 2.24) is 4.90 Å². The van der Waals surface area contributed by atoms with E-state index in [2.05, 4.69) is 0 Å². The number of nitrogens with two attached hydrogens (primary N) is 1. The molecule has 0 saturated heterocycles. The van der Waals surface area contributed by atoms with Gasteiger partial charge in [-0.15, -0.1) is 0 Å². The number of anilines is 1. The van der Waals surface area contributed by atoms with E-state index in [4.69, 9.17) is 15.2 Å². The van der Waals surface area contributed by atoms with Gasteiger partial charge in [0, 0.05) is 24.9 Å². The van der Waals surface area contributed by atoms with Gasteiger partial charge in [-0.25, -0.2) is 0 Å². The van der Waals surface area contributed by atoms with E-state index >= 15 is 0 Å². The first-order valence-corrected chi connectivity index (χ1v) is 6.37. The summed E-state index contributed by atoms with van der Waals surface area (Å²) in [5.74, 6) is -0.719. The molecule has 2 N–H and O–H groups in total. The number of hydrogen-bond donors (Lipinski definition) is 1. The normalized spacial score (nSPS) is 10.1. The van der Waals surface area contributed by atoms with Gasteiger partial charge in [0.1, 0.15) is 6.54 Å². The second-order valence-electron chi connectivity index (χ2n) is 4.15. The number of carbonyl (C=O) groups is 2. The van der Waals surface area contributed by atoms with Gasteiger partial charge in [-0.2, -0.15) is 0 Å². The van der Waals surface area contributed by atoms with Gasteiger partial charge in [0.2, 0.25) is 0 Å². The molecule has 0 aliphatic carbocycles. The summed E-state index contributed by atoms with van der Waals surface area (Å²) in [7, 11) is 1.54. The van der Waals surface area contributed by atoms with Gasteiger partial charge in [0.05, 0.1) is 13.2 Å². The summed E-state index contributed by atoms with van der Waals surface area (Å²) in [6.45, 7) is 2.54. The Kier molecular flexibility index (Phi) is 6.52. The van der Waals surface area contributed by atoms with E-state index in [1.807, 2.05) is 0 Å². The molecule has 1 aromatic carbocycles. The van der Waals surface area contributed by atoms with Crippen LogP contribution in [0.15, 0.2) is 24.3 Å². The lowest BCUT2D eigenvalue weighted by Crippen LogP contribution is -2.38. The average Bonchev–Trinajstić information content (AvgIpc) is 2.43. The maximum atomic E-state index is 12.3. The van der Waals surface area contributed by atoms with Crippen LogP contribution in [0.1, 0.15) is 17.3 Å². The van der Waals surface area contributed by atoms with Crippen LogP contribution in [-0.4, -0.2) is 50.2 Å². The van der Waals surface area contributed by atoms with E-state index in [1.165, 1.54) is 12.0 Å². The minimum atomic E-state index is -0.444. The number of amides is 1. The van der Waals surface area contributed by atoms with Crippen molar-refractivity contribution >= 4 is 17.6 Å². The average molecular weight is 280 g/mol. The zero-order valence-corrected chi connectivity index (χ0v) is 11.8. The molecule has 110 valence electrons. The molecule has 0 aliphatic rings. The molecule has 0 spiro atoms. The summed E-state index contributed by atoms with van der Waals surface area (Å²) in [5, 5.41) is 0. The molecule has 0 atom stereocenters. The third kappa shape index (κ3) is 4.89. The highest BCUT2D eigenvalue weighted by Gasteiger charge is 2.19. The fourth-order valence-electron chi connectivity index (χ4n) is 1.67. The lowest BCUT2D eigenvalue weighted by molar-refractivity contribution is -0.143. The maximum absolute atomic E-state index is 12.3. The Labute approximate surface area is 118 Å². The Morgan fingerprint density at radius 2 is 2.10 bits per heavy atom. The standard InChI is InChI=1S/C14H20N2O4/c1-3-20-13(17)10-16(7-8-19-2)14(18)11-5-4-6-12(15)9-11/h4-6,9H,3,7-8,10,15H2,1-2H3. The van der Waals surface area contributed by atoms with Crippen LogP contribution >= 0.6 is 0 Å². The summed E-state index contributed by atoms with van der Waals surface area (Å²) in [4.78, 5) is 25.3. The Morgan fingerprint density at radius 1 is 1.35 bits per heavy atom. The summed E-state index contributed by atoms with van der Waals surface area (Å²) in [6.07, 6.45) is 0. The number of ether oxygens (including phenoxy) is 2. The number of carbonyl (C=O) groups excluding carboxylic acids is 2. The molecule has 6 nitrogen and oxygen atoms in total. The van der Waals surface area contributed by atoms with Gasteiger partial charge in [-0.05, 0) is 25.1 Å². The van der Waals surface area contributed by atoms with Gasteiger partial charge in [0.15, 0.2) is 0 Å². The van der Waals surface area contributed by atoms with Gasteiger partial charge >= 0.3 is 5.97 Å². The molecule has 20 heavy (non-hydrogen) atoms. The van der Waals surface area contributed by atoms with Gasteiger partial charge in [-0.1, -0.05) is 6.07 Å². The van der Waals surface area contributed by atoms with Crippen LogP contribution in [0.2, 0.25) is 0 Å². The van der Waals surface area contributed by atoms with Gasteiger partial charge in [-0.3, -0.25) is 9.59 Å². The van der Waals surface area contributed by atoms with Crippen molar-refractivity contribution < 1.29 is 19.1 Å². The number of nitrogen functional groups attached to an aromatic ring is 1. The third-order valence-electron chi connectivity index (χ3n) is 2.61. The molecule has 0 fully saturated rings. The molecule has 0 aliphatic heterocycles. The molecule has 1 aromatic rings. The van der Waals surface area contributed by atoms with Gasteiger partial charge in [0.25, 0.3) is 5.91 Å². The van der Waals surface area contributed by atoms with E-state index < -0.39 is 5.97 Å². The molecule has 0 unspecified atom stereocenters. The van der Waals surface area contributed by atoms with E-state index in [9.17, 15) is 9.59 Å². The van der Waals surface area contributed by atoms with Gasteiger partial charge < -0.3 is 20.1 Å². The van der Waals surface area contributed by atoms with Crippen LogP contribution in [0.4, 0.5) is 5.69 Å². The fraction of sp³-hybridized carbons (Fsp3) is 0.429. The number of hydrogen-bond acceptors (Lipinski definition) is 5. The van der Waals surface area contributed by atoms with Crippen molar-refractivity contribution in [3.8, 4) is 0 Å². The van der Waals surface area contributed by atoms with Crippen molar-refractivity contribution in [2.24, 2.45) is 0 Å². The SMILES string of the molecule is CCOC(=O)CN(CCOC)C(=O)c1cccc(N)c1. The lowest BCUT2D eigenvalue weighted by Gasteiger charge is -2.21. The summed E-state index contributed by atoms with van der Waals surface area (Å²) in [5.41, 5.74) is 6.59. The van der Waals surface area contributed by atoms with Crippen molar-refractivity contribution in [3.05, 3.63) is 29.8 Å². The minimum Gasteiger partial charge on any atom is -0.465 e. The molecule has 0 saturated carbocycles. The predicted octanol–water partition coefficient (Wildman–Crippen LogP) is 0.920. The number of methoxy groups -OCH3 is 1. The second-order valence-corrected chi connectivity index (χ2v) is 4.15. The lowest BCUT2D eigenvalue weighted by atomic mass is 10.1. The monoisotopic (exact) mass is 280 g/mol. The topological polar surface area (TPSA) is 81.9 Å². The molecule has 1 rings (SSSR count). The zero-order chi connectivity index (χ0) is 15.0. The van der Waals surface area contributed by atoms with Crippen LogP contribution < -0.4 is 5.73 Å². The Hall–Kier alpha value is -2.08. The quantitative estimate of drug-likeness (QED) is 0.593. The first-order valence-electron chi connectivity index (χ1n) is 6.37. The van der Waals surface area contributed by atoms with Crippen LogP contribution in [0.3, 0.4) is 0 Å². The highest BCUT2D eigenvalue weighted by Crippen LogP contribution is 2.10. The smallest absolute Gasteiger partial charge is 0.325 e. The van der Waals surface area contributed by atoms with E-state index in [1.54, 1.807) is 31.2 Å². The predicted molar refractivity (Wildman–Crippen MR) is 75.3 cm³/mol. The highest BCUT2D eigenvalue weighted by atomic mass is 16.5. The molecular weight excluding hydrogens is 260 g/mol. The van der Waals surface area contributed by atoms with Crippen molar-refractivity contribution in [2.45, 2.75) is 6.92 Å². The first-order chi connectivity index (χ1) is 9.58. The highest BCUT2D eigenvalue weighted by molar-refractivity contribution is 5.96. The maximum Gasteiger partial charge on any atom is 0.325 e. The van der Waals surface area contributed by atoms with E-state index in [0.717, 1.165) is 0 Å². The Morgan fingerprint density at radius 3 is 2.70 bits per heavy atom. The van der Waals surface area contributed by atoms with Crippen LogP contribution in [0.25, 0.3) is 0 Å². The number of esters is 1. The zero-order valence-electron chi connectivity index (χ0n) is 11.8. The largest absolute Gasteiger partial charge is 0.465 e. The molecule has 0 bridgehead atoms. The molecule has 6 heteroatoms. The number of benzene rings is 1. The van der Waals surface area contributed by atoms with E-state index in [-0.39, 0.29) is 19.1 Å². The van der Waals surface area contributed by atoms with Crippen molar-refractivity contribution in [2.75, 3.05) is 39.1 Å². The molecule has 0 aromatic heterocycles. The third-order valence-corrected chi connectivity index (χ3v) is 2.61. The van der Waals surface area contributed by atoms with E-state index in [0.29, 0.717) is 24.4 Å². The first kappa shape index (κ1) is 16.0. The molecular formula is C14H20N2O4. The molecule has 0 heterocycles. The van der Waals surface area contributed by atoms with Crippen LogP contribution in [0.5, 0.6) is 0 Å². The Balaban J connectivity index is 2.80. The molecule has 0 radical (unpaired) electrons. The van der Waals surface area contributed by atoms with Crippen LogP contribution in [-0.2, 0) is 14.3 Å². The van der Waals surface area contributed by atoms with Crippen molar-refractivity contribution in [1.29, 1.82) is 0 Å². The Bertz CT molecular complexity index is 462. The summed E-state index contributed by atoms with van der Waals surface area (Å²) < 4.78 is 9.82.